The van der Waals surface area contributed by atoms with Gasteiger partial charge >= 0.3 is 6.18 Å². The van der Waals surface area contributed by atoms with Crippen molar-refractivity contribution in [3.05, 3.63) is 29.8 Å². The van der Waals surface area contributed by atoms with Gasteiger partial charge in [-0.25, -0.2) is 0 Å². The molecule has 1 aromatic rings. The van der Waals surface area contributed by atoms with Crippen LogP contribution in [0, 0.1) is 0 Å². The molecule has 0 radical (unpaired) electrons. The molecule has 0 saturated carbocycles. The van der Waals surface area contributed by atoms with E-state index in [0.29, 0.717) is 18.8 Å². The number of anilines is 1. The largest absolute Gasteiger partial charge is 0.411 e. The van der Waals surface area contributed by atoms with Gasteiger partial charge < -0.3 is 10.5 Å². The lowest BCUT2D eigenvalue weighted by molar-refractivity contribution is -0.174. The van der Waals surface area contributed by atoms with Crippen LogP contribution in [0.2, 0.25) is 0 Å². The lowest BCUT2D eigenvalue weighted by Crippen LogP contribution is -2.28. The molecule has 0 aliphatic rings. The minimum absolute atomic E-state index is 0.0717. The van der Waals surface area contributed by atoms with Crippen LogP contribution in [0.1, 0.15) is 12.5 Å². The zero-order valence-electron chi connectivity index (χ0n) is 10.9. The number of halogens is 3. The van der Waals surface area contributed by atoms with Gasteiger partial charge in [0.05, 0.1) is 6.61 Å². The first-order chi connectivity index (χ1) is 8.90. The molecule has 0 unspecified atom stereocenters. The maximum Gasteiger partial charge on any atom is 0.411 e. The van der Waals surface area contributed by atoms with Crippen LogP contribution in [-0.4, -0.2) is 37.4 Å². The predicted octanol–water partition coefficient (Wildman–Crippen LogP) is 2.67. The summed E-state index contributed by atoms with van der Waals surface area (Å²) in [6.07, 6.45) is -4.26. The number of hydrogen-bond donors (Lipinski definition) is 1. The maximum absolute atomic E-state index is 11.9. The summed E-state index contributed by atoms with van der Waals surface area (Å²) >= 11 is 0. The molecule has 2 N–H and O–H groups in total. The van der Waals surface area contributed by atoms with Crippen molar-refractivity contribution in [1.82, 2.24) is 4.90 Å². The van der Waals surface area contributed by atoms with E-state index >= 15 is 0 Å². The third-order valence-electron chi connectivity index (χ3n) is 2.65. The monoisotopic (exact) mass is 276 g/mol. The molecule has 19 heavy (non-hydrogen) atoms. The van der Waals surface area contributed by atoms with E-state index in [1.165, 1.54) is 0 Å². The molecule has 108 valence electrons. The summed E-state index contributed by atoms with van der Waals surface area (Å²) in [5.41, 5.74) is 7.36. The van der Waals surface area contributed by atoms with Gasteiger partial charge in [0.15, 0.2) is 0 Å². The minimum atomic E-state index is -4.26. The van der Waals surface area contributed by atoms with E-state index in [9.17, 15) is 13.2 Å². The van der Waals surface area contributed by atoms with Gasteiger partial charge in [-0.3, -0.25) is 4.90 Å². The van der Waals surface area contributed by atoms with E-state index in [0.717, 1.165) is 12.1 Å². The Morgan fingerprint density at radius 3 is 2.37 bits per heavy atom. The molecule has 0 bridgehead atoms. The number of alkyl halides is 3. The highest BCUT2D eigenvalue weighted by Crippen LogP contribution is 2.14. The molecule has 0 fully saturated rings. The molecule has 6 heteroatoms. The minimum Gasteiger partial charge on any atom is -0.399 e. The Balaban J connectivity index is 2.31. The molecule has 0 amide bonds. The van der Waals surface area contributed by atoms with Crippen LogP contribution in [0.25, 0.3) is 0 Å². The fraction of sp³-hybridized carbons (Fsp3) is 0.538. The Morgan fingerprint density at radius 2 is 1.84 bits per heavy atom. The molecule has 0 atom stereocenters. The number of nitrogen functional groups attached to an aromatic ring is 1. The van der Waals surface area contributed by atoms with Crippen molar-refractivity contribution in [2.45, 2.75) is 19.6 Å². The second-order valence-corrected chi connectivity index (χ2v) is 4.28. The lowest BCUT2D eigenvalue weighted by Gasteiger charge is -2.20. The molecule has 3 nitrogen and oxygen atoms in total. The lowest BCUT2D eigenvalue weighted by atomic mass is 10.2. The molecule has 0 saturated heterocycles. The Bertz CT molecular complexity index is 365. The molecular formula is C13H19F3N2O. The molecular weight excluding hydrogens is 257 g/mol. The van der Waals surface area contributed by atoms with Gasteiger partial charge in [-0.2, -0.15) is 13.2 Å². The first kappa shape index (κ1) is 15.8. The normalized spacial score (nSPS) is 12.1. The van der Waals surface area contributed by atoms with Gasteiger partial charge in [0.25, 0.3) is 0 Å². The smallest absolute Gasteiger partial charge is 0.399 e. The third kappa shape index (κ3) is 7.03. The van der Waals surface area contributed by atoms with E-state index in [4.69, 9.17) is 5.73 Å². The molecule has 1 rings (SSSR count). The summed E-state index contributed by atoms with van der Waals surface area (Å²) in [5.74, 6) is 0. The van der Waals surface area contributed by atoms with E-state index in [1.807, 2.05) is 36.1 Å². The number of likely N-dealkylation sites (N-methyl/N-ethyl adjacent to an activating group) is 1. The Kier molecular flexibility index (Phi) is 6.11. The quantitative estimate of drug-likeness (QED) is 0.614. The second kappa shape index (κ2) is 7.35. The Hall–Kier alpha value is -1.27. The van der Waals surface area contributed by atoms with Gasteiger partial charge in [-0.05, 0) is 24.2 Å². The van der Waals surface area contributed by atoms with Crippen LogP contribution in [0.4, 0.5) is 18.9 Å². The SMILES string of the molecule is CCN(CCOCC(F)(F)F)Cc1ccc(N)cc1. The number of nitrogens with zero attached hydrogens (tertiary/aromatic N) is 1. The van der Waals surface area contributed by atoms with Crippen molar-refractivity contribution in [2.24, 2.45) is 0 Å². The van der Waals surface area contributed by atoms with Gasteiger partial charge in [-0.15, -0.1) is 0 Å². The average Bonchev–Trinajstić information content (AvgIpc) is 2.34. The van der Waals surface area contributed by atoms with Gasteiger partial charge in [0, 0.05) is 18.8 Å². The van der Waals surface area contributed by atoms with Crippen LogP contribution < -0.4 is 5.73 Å². The summed E-state index contributed by atoms with van der Waals surface area (Å²) in [6, 6.07) is 7.44. The second-order valence-electron chi connectivity index (χ2n) is 4.28. The summed E-state index contributed by atoms with van der Waals surface area (Å²) in [4.78, 5) is 2.02. The number of hydrogen-bond acceptors (Lipinski definition) is 3. The molecule has 0 aliphatic heterocycles. The standard InChI is InChI=1S/C13H19F3N2O/c1-2-18(7-8-19-10-13(14,15)16)9-11-3-5-12(17)6-4-11/h3-6H,2,7-10,17H2,1H3. The fourth-order valence-corrected chi connectivity index (χ4v) is 1.61. The Labute approximate surface area is 111 Å². The summed E-state index contributed by atoms with van der Waals surface area (Å²) < 4.78 is 40.3. The number of nitrogens with two attached hydrogens (primary N) is 1. The summed E-state index contributed by atoms with van der Waals surface area (Å²) in [7, 11) is 0. The maximum atomic E-state index is 11.9. The highest BCUT2D eigenvalue weighted by Gasteiger charge is 2.27. The molecule has 0 aliphatic carbocycles. The number of rotatable bonds is 7. The fourth-order valence-electron chi connectivity index (χ4n) is 1.61. The van der Waals surface area contributed by atoms with E-state index in [2.05, 4.69) is 4.74 Å². The highest BCUT2D eigenvalue weighted by molar-refractivity contribution is 5.39. The van der Waals surface area contributed by atoms with E-state index in [-0.39, 0.29) is 6.61 Å². The highest BCUT2D eigenvalue weighted by atomic mass is 19.4. The van der Waals surface area contributed by atoms with Crippen molar-refractivity contribution < 1.29 is 17.9 Å². The van der Waals surface area contributed by atoms with Gasteiger partial charge in [0.2, 0.25) is 0 Å². The van der Waals surface area contributed by atoms with Crippen LogP contribution in [0.15, 0.2) is 24.3 Å². The van der Waals surface area contributed by atoms with Gasteiger partial charge in [0.1, 0.15) is 6.61 Å². The zero-order valence-corrected chi connectivity index (χ0v) is 10.9. The number of benzene rings is 1. The predicted molar refractivity (Wildman–Crippen MR) is 68.7 cm³/mol. The van der Waals surface area contributed by atoms with E-state index < -0.39 is 12.8 Å². The zero-order chi connectivity index (χ0) is 14.3. The van der Waals surface area contributed by atoms with Crippen LogP contribution in [0.3, 0.4) is 0 Å². The van der Waals surface area contributed by atoms with Crippen molar-refractivity contribution in [3.8, 4) is 0 Å². The van der Waals surface area contributed by atoms with Gasteiger partial charge in [-0.1, -0.05) is 19.1 Å². The number of ether oxygens (including phenoxy) is 1. The van der Waals surface area contributed by atoms with Crippen LogP contribution in [-0.2, 0) is 11.3 Å². The molecule has 0 aromatic heterocycles. The Morgan fingerprint density at radius 1 is 1.21 bits per heavy atom. The first-order valence-electron chi connectivity index (χ1n) is 6.12. The summed E-state index contributed by atoms with van der Waals surface area (Å²) in [5, 5.41) is 0. The molecule has 0 spiro atoms. The van der Waals surface area contributed by atoms with Crippen LogP contribution >= 0.6 is 0 Å². The molecule has 1 aromatic carbocycles. The first-order valence-corrected chi connectivity index (χ1v) is 6.12. The van der Waals surface area contributed by atoms with Crippen molar-refractivity contribution in [3.63, 3.8) is 0 Å². The van der Waals surface area contributed by atoms with Crippen molar-refractivity contribution in [1.29, 1.82) is 0 Å². The molecule has 0 heterocycles. The summed E-state index contributed by atoms with van der Waals surface area (Å²) in [6.45, 7) is 2.73. The third-order valence-corrected chi connectivity index (χ3v) is 2.65. The van der Waals surface area contributed by atoms with Crippen molar-refractivity contribution in [2.75, 3.05) is 32.0 Å². The van der Waals surface area contributed by atoms with E-state index in [1.54, 1.807) is 0 Å². The topological polar surface area (TPSA) is 38.5 Å². The van der Waals surface area contributed by atoms with Crippen molar-refractivity contribution >= 4 is 5.69 Å². The van der Waals surface area contributed by atoms with Crippen LogP contribution in [0.5, 0.6) is 0 Å². The average molecular weight is 276 g/mol.